The highest BCUT2D eigenvalue weighted by Gasteiger charge is 2.18. The summed E-state index contributed by atoms with van der Waals surface area (Å²) >= 11 is 3.32. The van der Waals surface area contributed by atoms with Gasteiger partial charge in [0.05, 0.1) is 4.90 Å². The van der Waals surface area contributed by atoms with Crippen LogP contribution < -0.4 is 4.72 Å². The van der Waals surface area contributed by atoms with Gasteiger partial charge in [0.1, 0.15) is 0 Å². The van der Waals surface area contributed by atoms with Crippen molar-refractivity contribution in [3.05, 3.63) is 28.2 Å². The van der Waals surface area contributed by atoms with E-state index >= 15 is 0 Å². The fourth-order valence-corrected chi connectivity index (χ4v) is 4.17. The number of aryl methyl sites for hydroxylation is 1. The summed E-state index contributed by atoms with van der Waals surface area (Å²) in [5, 5.41) is 0. The number of halogens is 1. The zero-order valence-electron chi connectivity index (χ0n) is 13.4. The van der Waals surface area contributed by atoms with Crippen molar-refractivity contribution in [2.45, 2.75) is 51.6 Å². The van der Waals surface area contributed by atoms with Crippen molar-refractivity contribution in [2.24, 2.45) is 0 Å². The lowest BCUT2D eigenvalue weighted by atomic mass is 10.2. The van der Waals surface area contributed by atoms with E-state index in [1.165, 1.54) is 0 Å². The Morgan fingerprint density at radius 3 is 2.29 bits per heavy atom. The molecule has 0 heterocycles. The molecule has 0 bridgehead atoms. The summed E-state index contributed by atoms with van der Waals surface area (Å²) in [4.78, 5) is 2.59. The third-order valence-electron chi connectivity index (χ3n) is 3.43. The van der Waals surface area contributed by atoms with E-state index < -0.39 is 10.0 Å². The molecule has 1 N–H and O–H groups in total. The normalized spacial score (nSPS) is 12.6. The first-order chi connectivity index (χ1) is 9.65. The van der Waals surface area contributed by atoms with Crippen LogP contribution in [-0.4, -0.2) is 38.5 Å². The molecule has 0 aromatic heterocycles. The van der Waals surface area contributed by atoms with Crippen molar-refractivity contribution >= 4 is 26.0 Å². The highest BCUT2D eigenvalue weighted by atomic mass is 79.9. The van der Waals surface area contributed by atoms with Gasteiger partial charge >= 0.3 is 0 Å². The van der Waals surface area contributed by atoms with Crippen LogP contribution in [0, 0.1) is 6.92 Å². The summed E-state index contributed by atoms with van der Waals surface area (Å²) in [6.45, 7) is 11.4. The van der Waals surface area contributed by atoms with E-state index in [0.717, 1.165) is 10.0 Å². The van der Waals surface area contributed by atoms with Crippen LogP contribution in [0.1, 0.15) is 33.3 Å². The predicted octanol–water partition coefficient (Wildman–Crippen LogP) is 3.15. The molecule has 0 amide bonds. The Labute approximate surface area is 137 Å². The van der Waals surface area contributed by atoms with E-state index in [0.29, 0.717) is 30.1 Å². The van der Waals surface area contributed by atoms with Crippen LogP contribution >= 0.6 is 15.9 Å². The zero-order chi connectivity index (χ0) is 16.2. The molecule has 0 aliphatic heterocycles. The minimum atomic E-state index is -3.47. The summed E-state index contributed by atoms with van der Waals surface area (Å²) in [5.74, 6) is 0. The third-order valence-corrected chi connectivity index (χ3v) is 5.52. The van der Waals surface area contributed by atoms with Crippen LogP contribution in [-0.2, 0) is 10.0 Å². The van der Waals surface area contributed by atoms with Crippen LogP contribution in [0.4, 0.5) is 0 Å². The molecule has 0 saturated carbocycles. The lowest BCUT2D eigenvalue weighted by Crippen LogP contribution is -2.42. The molecule has 0 aliphatic rings. The molecular formula is C15H25BrN2O2S. The minimum absolute atomic E-state index is 0.331. The molecule has 0 unspecified atom stereocenters. The molecule has 0 aliphatic carbocycles. The molecule has 120 valence electrons. The average Bonchev–Trinajstić information content (AvgIpc) is 2.36. The van der Waals surface area contributed by atoms with E-state index in [4.69, 9.17) is 0 Å². The molecule has 1 rings (SSSR count). The summed E-state index contributed by atoms with van der Waals surface area (Å²) in [6.07, 6.45) is 0. The third kappa shape index (κ3) is 5.36. The fraction of sp³-hybridized carbons (Fsp3) is 0.600. The minimum Gasteiger partial charge on any atom is -0.297 e. The molecule has 0 radical (unpaired) electrons. The molecule has 6 heteroatoms. The Morgan fingerprint density at radius 2 is 1.76 bits per heavy atom. The number of nitrogens with one attached hydrogen (secondary N) is 1. The van der Waals surface area contributed by atoms with Gasteiger partial charge < -0.3 is 0 Å². The van der Waals surface area contributed by atoms with Crippen molar-refractivity contribution in [2.75, 3.05) is 13.1 Å². The number of benzene rings is 1. The maximum absolute atomic E-state index is 12.4. The summed E-state index contributed by atoms with van der Waals surface area (Å²) in [6, 6.07) is 6.06. The standard InChI is InChI=1S/C15H25BrN2O2S/c1-11(2)18(12(3)4)9-8-17-21(19,20)15-10-14(16)7-6-13(15)5/h6-7,10-12,17H,8-9H2,1-5H3. The van der Waals surface area contributed by atoms with Gasteiger partial charge in [0.25, 0.3) is 0 Å². The van der Waals surface area contributed by atoms with Gasteiger partial charge in [-0.05, 0) is 52.3 Å². The van der Waals surface area contributed by atoms with Crippen molar-refractivity contribution in [1.82, 2.24) is 9.62 Å². The van der Waals surface area contributed by atoms with E-state index in [1.807, 2.05) is 6.07 Å². The topological polar surface area (TPSA) is 49.4 Å². The van der Waals surface area contributed by atoms with E-state index in [2.05, 4.69) is 53.2 Å². The van der Waals surface area contributed by atoms with Gasteiger partial charge in [0.15, 0.2) is 0 Å². The first kappa shape index (κ1) is 18.6. The number of hydrogen-bond acceptors (Lipinski definition) is 3. The first-order valence-corrected chi connectivity index (χ1v) is 9.44. The molecule has 0 saturated heterocycles. The molecule has 1 aromatic rings. The number of hydrogen-bond donors (Lipinski definition) is 1. The Kier molecular flexibility index (Phi) is 6.84. The van der Waals surface area contributed by atoms with Crippen LogP contribution in [0.5, 0.6) is 0 Å². The van der Waals surface area contributed by atoms with Crippen molar-refractivity contribution in [3.63, 3.8) is 0 Å². The van der Waals surface area contributed by atoms with Crippen LogP contribution in [0.25, 0.3) is 0 Å². The summed E-state index contributed by atoms with van der Waals surface area (Å²) in [7, 11) is -3.47. The lowest BCUT2D eigenvalue weighted by Gasteiger charge is -2.30. The molecule has 21 heavy (non-hydrogen) atoms. The second-order valence-corrected chi connectivity index (χ2v) is 8.38. The first-order valence-electron chi connectivity index (χ1n) is 7.16. The van der Waals surface area contributed by atoms with Gasteiger partial charge in [0.2, 0.25) is 10.0 Å². The van der Waals surface area contributed by atoms with E-state index in [-0.39, 0.29) is 0 Å². The van der Waals surface area contributed by atoms with Crippen molar-refractivity contribution in [1.29, 1.82) is 0 Å². The number of nitrogens with zero attached hydrogens (tertiary/aromatic N) is 1. The van der Waals surface area contributed by atoms with Crippen LogP contribution in [0.15, 0.2) is 27.6 Å². The molecule has 0 spiro atoms. The maximum atomic E-state index is 12.4. The molecule has 0 fully saturated rings. The highest BCUT2D eigenvalue weighted by Crippen LogP contribution is 2.20. The Morgan fingerprint density at radius 1 is 1.19 bits per heavy atom. The van der Waals surface area contributed by atoms with Crippen LogP contribution in [0.3, 0.4) is 0 Å². The van der Waals surface area contributed by atoms with Gasteiger partial charge in [0, 0.05) is 29.6 Å². The predicted molar refractivity (Wildman–Crippen MR) is 91.0 cm³/mol. The molecular weight excluding hydrogens is 352 g/mol. The van der Waals surface area contributed by atoms with Gasteiger partial charge in [-0.25, -0.2) is 13.1 Å². The summed E-state index contributed by atoms with van der Waals surface area (Å²) in [5.41, 5.74) is 0.746. The van der Waals surface area contributed by atoms with Gasteiger partial charge in [-0.3, -0.25) is 4.90 Å². The average molecular weight is 377 g/mol. The van der Waals surface area contributed by atoms with Gasteiger partial charge in [-0.15, -0.1) is 0 Å². The zero-order valence-corrected chi connectivity index (χ0v) is 15.8. The lowest BCUT2D eigenvalue weighted by molar-refractivity contribution is 0.179. The van der Waals surface area contributed by atoms with Crippen molar-refractivity contribution in [3.8, 4) is 0 Å². The molecule has 4 nitrogen and oxygen atoms in total. The number of sulfonamides is 1. The number of rotatable bonds is 7. The summed E-state index contributed by atoms with van der Waals surface area (Å²) < 4.78 is 28.2. The van der Waals surface area contributed by atoms with E-state index in [1.54, 1.807) is 19.1 Å². The van der Waals surface area contributed by atoms with Crippen molar-refractivity contribution < 1.29 is 8.42 Å². The fourth-order valence-electron chi connectivity index (χ4n) is 2.36. The molecule has 0 atom stereocenters. The van der Waals surface area contributed by atoms with E-state index in [9.17, 15) is 8.42 Å². The molecule has 1 aromatic carbocycles. The maximum Gasteiger partial charge on any atom is 0.240 e. The smallest absolute Gasteiger partial charge is 0.240 e. The Bertz CT molecular complexity index is 563. The van der Waals surface area contributed by atoms with Gasteiger partial charge in [-0.1, -0.05) is 22.0 Å². The quantitative estimate of drug-likeness (QED) is 0.794. The second-order valence-electron chi connectivity index (χ2n) is 5.73. The van der Waals surface area contributed by atoms with Crippen LogP contribution in [0.2, 0.25) is 0 Å². The largest absolute Gasteiger partial charge is 0.297 e. The van der Waals surface area contributed by atoms with Gasteiger partial charge in [-0.2, -0.15) is 0 Å². The monoisotopic (exact) mass is 376 g/mol. The SMILES string of the molecule is Cc1ccc(Br)cc1S(=O)(=O)NCCN(C(C)C)C(C)C. The highest BCUT2D eigenvalue weighted by molar-refractivity contribution is 9.10. The second kappa shape index (κ2) is 7.72. The Hall–Kier alpha value is -0.430. The Balaban J connectivity index is 2.76.